The molecule has 0 spiro atoms. The third kappa shape index (κ3) is 4.10. The van der Waals surface area contributed by atoms with Crippen molar-refractivity contribution in [2.24, 2.45) is 10.9 Å². The Hall–Kier alpha value is -1.23. The molecule has 0 saturated carbocycles. The molecule has 4 N–H and O–H groups in total. The molecule has 1 aromatic carbocycles. The van der Waals surface area contributed by atoms with Gasteiger partial charge in [-0.25, -0.2) is 0 Å². The van der Waals surface area contributed by atoms with E-state index in [0.29, 0.717) is 6.42 Å². The first-order chi connectivity index (χ1) is 7.63. The molecule has 0 aromatic heterocycles. The van der Waals surface area contributed by atoms with Crippen LogP contribution in [0, 0.1) is 6.92 Å². The summed E-state index contributed by atoms with van der Waals surface area (Å²) >= 11 is 3.48. The van der Waals surface area contributed by atoms with Crippen LogP contribution in [-0.4, -0.2) is 17.6 Å². The molecule has 0 radical (unpaired) electrons. The van der Waals surface area contributed by atoms with E-state index in [0.717, 1.165) is 23.1 Å². The van der Waals surface area contributed by atoms with Crippen LogP contribution in [0.4, 0.5) is 5.69 Å². The minimum Gasteiger partial charge on any atom is -0.409 e. The quantitative estimate of drug-likeness (QED) is 0.256. The number of halogens is 1. The first kappa shape index (κ1) is 12.8. The van der Waals surface area contributed by atoms with Gasteiger partial charge >= 0.3 is 0 Å². The summed E-state index contributed by atoms with van der Waals surface area (Å²) in [5.74, 6) is 0.270. The standard InChI is InChI=1S/C11H16BrN3O/c1-8-4-5-9(7-10(8)12)14-6-2-3-11(13)15-16/h4-5,7,14,16H,2-3,6H2,1H3,(H2,13,15). The lowest BCUT2D eigenvalue weighted by molar-refractivity contribution is 0.316. The highest BCUT2D eigenvalue weighted by molar-refractivity contribution is 9.10. The van der Waals surface area contributed by atoms with Gasteiger partial charge in [0.2, 0.25) is 0 Å². The molecule has 5 heteroatoms. The van der Waals surface area contributed by atoms with E-state index in [-0.39, 0.29) is 5.84 Å². The van der Waals surface area contributed by atoms with Crippen LogP contribution in [0.5, 0.6) is 0 Å². The summed E-state index contributed by atoms with van der Waals surface area (Å²) in [6, 6.07) is 6.12. The zero-order valence-electron chi connectivity index (χ0n) is 9.20. The molecule has 0 fully saturated rings. The molecule has 0 unspecified atom stereocenters. The number of benzene rings is 1. The summed E-state index contributed by atoms with van der Waals surface area (Å²) in [6.07, 6.45) is 1.43. The molecule has 88 valence electrons. The van der Waals surface area contributed by atoms with Gasteiger partial charge in [0.15, 0.2) is 0 Å². The van der Waals surface area contributed by atoms with E-state index in [1.165, 1.54) is 5.56 Å². The lowest BCUT2D eigenvalue weighted by Gasteiger charge is -2.07. The maximum Gasteiger partial charge on any atom is 0.139 e. The fraction of sp³-hybridized carbons (Fsp3) is 0.364. The van der Waals surface area contributed by atoms with Crippen molar-refractivity contribution >= 4 is 27.5 Å². The van der Waals surface area contributed by atoms with Crippen LogP contribution in [0.1, 0.15) is 18.4 Å². The summed E-state index contributed by atoms with van der Waals surface area (Å²) in [6.45, 7) is 2.85. The van der Waals surface area contributed by atoms with Gasteiger partial charge in [0.1, 0.15) is 5.84 Å². The molecule has 1 aromatic rings. The summed E-state index contributed by atoms with van der Waals surface area (Å²) in [5, 5.41) is 14.5. The van der Waals surface area contributed by atoms with Crippen LogP contribution in [0.2, 0.25) is 0 Å². The predicted molar refractivity (Wildman–Crippen MR) is 70.0 cm³/mol. The second-order valence-electron chi connectivity index (χ2n) is 3.59. The molecule has 0 aliphatic heterocycles. The van der Waals surface area contributed by atoms with Crippen molar-refractivity contribution in [2.75, 3.05) is 11.9 Å². The van der Waals surface area contributed by atoms with Gasteiger partial charge in [-0.1, -0.05) is 27.2 Å². The Kier molecular flexibility index (Phi) is 5.11. The second-order valence-corrected chi connectivity index (χ2v) is 4.44. The molecule has 0 aliphatic carbocycles. The fourth-order valence-corrected chi connectivity index (χ4v) is 1.63. The van der Waals surface area contributed by atoms with Gasteiger partial charge in [0.05, 0.1) is 0 Å². The third-order valence-corrected chi connectivity index (χ3v) is 3.09. The van der Waals surface area contributed by atoms with Crippen molar-refractivity contribution in [3.63, 3.8) is 0 Å². The number of nitrogens with two attached hydrogens (primary N) is 1. The van der Waals surface area contributed by atoms with Crippen molar-refractivity contribution in [1.82, 2.24) is 0 Å². The number of aryl methyl sites for hydroxylation is 1. The van der Waals surface area contributed by atoms with Gasteiger partial charge in [-0.05, 0) is 31.0 Å². The first-order valence-electron chi connectivity index (χ1n) is 5.10. The van der Waals surface area contributed by atoms with E-state index in [1.54, 1.807) is 0 Å². The van der Waals surface area contributed by atoms with Crippen molar-refractivity contribution in [3.05, 3.63) is 28.2 Å². The highest BCUT2D eigenvalue weighted by Crippen LogP contribution is 2.20. The monoisotopic (exact) mass is 285 g/mol. The molecule has 0 saturated heterocycles. The number of anilines is 1. The molecule has 0 aliphatic rings. The maximum absolute atomic E-state index is 8.35. The van der Waals surface area contributed by atoms with Crippen molar-refractivity contribution < 1.29 is 5.21 Å². The van der Waals surface area contributed by atoms with Crippen LogP contribution < -0.4 is 11.1 Å². The highest BCUT2D eigenvalue weighted by atomic mass is 79.9. The van der Waals surface area contributed by atoms with Crippen LogP contribution in [0.15, 0.2) is 27.8 Å². The van der Waals surface area contributed by atoms with Gasteiger partial charge in [-0.2, -0.15) is 0 Å². The van der Waals surface area contributed by atoms with Gasteiger partial charge in [-0.3, -0.25) is 0 Å². The summed E-state index contributed by atoms with van der Waals surface area (Å²) in [4.78, 5) is 0. The molecule has 0 amide bonds. The molecule has 0 bridgehead atoms. The molecule has 16 heavy (non-hydrogen) atoms. The molecule has 4 nitrogen and oxygen atoms in total. The normalized spacial score (nSPS) is 11.5. The number of oxime groups is 1. The van der Waals surface area contributed by atoms with E-state index in [4.69, 9.17) is 10.9 Å². The van der Waals surface area contributed by atoms with E-state index in [1.807, 2.05) is 19.1 Å². The minimum atomic E-state index is 0.270. The number of amidine groups is 1. The number of nitrogens with one attached hydrogen (secondary N) is 1. The fourth-order valence-electron chi connectivity index (χ4n) is 1.26. The summed E-state index contributed by atoms with van der Waals surface area (Å²) in [7, 11) is 0. The highest BCUT2D eigenvalue weighted by Gasteiger charge is 1.97. The van der Waals surface area contributed by atoms with Gasteiger partial charge in [-0.15, -0.1) is 0 Å². The Morgan fingerprint density at radius 2 is 2.31 bits per heavy atom. The average Bonchev–Trinajstić information content (AvgIpc) is 2.28. The average molecular weight is 286 g/mol. The number of rotatable bonds is 5. The van der Waals surface area contributed by atoms with E-state index < -0.39 is 0 Å². The van der Waals surface area contributed by atoms with Crippen LogP contribution in [0.25, 0.3) is 0 Å². The second kappa shape index (κ2) is 6.37. The Morgan fingerprint density at radius 3 is 2.94 bits per heavy atom. The van der Waals surface area contributed by atoms with Gasteiger partial charge < -0.3 is 16.3 Å². The zero-order chi connectivity index (χ0) is 12.0. The van der Waals surface area contributed by atoms with Gasteiger partial charge in [0, 0.05) is 23.1 Å². The van der Waals surface area contributed by atoms with Crippen molar-refractivity contribution in [3.8, 4) is 0 Å². The van der Waals surface area contributed by atoms with Crippen molar-refractivity contribution in [1.29, 1.82) is 0 Å². The molecule has 0 heterocycles. The zero-order valence-corrected chi connectivity index (χ0v) is 10.8. The maximum atomic E-state index is 8.35. The Bertz CT molecular complexity index is 379. The summed E-state index contributed by atoms with van der Waals surface area (Å²) < 4.78 is 1.09. The topological polar surface area (TPSA) is 70.6 Å². The lowest BCUT2D eigenvalue weighted by Crippen LogP contribution is -2.13. The molecular weight excluding hydrogens is 270 g/mol. The van der Waals surface area contributed by atoms with Crippen LogP contribution in [-0.2, 0) is 0 Å². The SMILES string of the molecule is Cc1ccc(NCCCC(N)=NO)cc1Br. The smallest absolute Gasteiger partial charge is 0.139 e. The van der Waals surface area contributed by atoms with Crippen LogP contribution >= 0.6 is 15.9 Å². The van der Waals surface area contributed by atoms with E-state index >= 15 is 0 Å². The first-order valence-corrected chi connectivity index (χ1v) is 5.89. The molecule has 0 atom stereocenters. The Morgan fingerprint density at radius 1 is 1.56 bits per heavy atom. The predicted octanol–water partition coefficient (Wildman–Crippen LogP) is 2.70. The largest absolute Gasteiger partial charge is 0.409 e. The third-order valence-electron chi connectivity index (χ3n) is 2.24. The summed E-state index contributed by atoms with van der Waals surface area (Å²) in [5.41, 5.74) is 7.64. The minimum absolute atomic E-state index is 0.270. The van der Waals surface area contributed by atoms with Crippen LogP contribution in [0.3, 0.4) is 0 Å². The Balaban J connectivity index is 2.35. The lowest BCUT2D eigenvalue weighted by atomic mass is 10.2. The van der Waals surface area contributed by atoms with E-state index in [2.05, 4.69) is 32.5 Å². The number of nitrogens with zero attached hydrogens (tertiary/aromatic N) is 1. The van der Waals surface area contributed by atoms with E-state index in [9.17, 15) is 0 Å². The van der Waals surface area contributed by atoms with Crippen molar-refractivity contribution in [2.45, 2.75) is 19.8 Å². The molecular formula is C11H16BrN3O. The number of hydrogen-bond acceptors (Lipinski definition) is 3. The molecule has 1 rings (SSSR count). The van der Waals surface area contributed by atoms with Gasteiger partial charge in [0.25, 0.3) is 0 Å². The number of hydrogen-bond donors (Lipinski definition) is 3. The Labute approximate surface area is 104 Å².